The van der Waals surface area contributed by atoms with E-state index in [9.17, 15) is 30.4 Å². The smallest absolute Gasteiger partial charge is 0.363 e. The summed E-state index contributed by atoms with van der Waals surface area (Å²) in [5.41, 5.74) is 0. The average molecular weight is 586 g/mol. The zero-order valence-corrected chi connectivity index (χ0v) is 21.9. The predicted molar refractivity (Wildman–Crippen MR) is 134 cm³/mol. The van der Waals surface area contributed by atoms with Gasteiger partial charge in [0.15, 0.2) is 31.3 Å². The molecule has 1 aliphatic rings. The molecule has 3 aromatic carbocycles. The summed E-state index contributed by atoms with van der Waals surface area (Å²) >= 11 is 0. The number of benzene rings is 3. The van der Waals surface area contributed by atoms with E-state index in [1.54, 1.807) is 12.1 Å². The normalized spacial score (nSPS) is 15.7. The first-order valence-electron chi connectivity index (χ1n) is 11.0. The van der Waals surface area contributed by atoms with E-state index < -0.39 is 55.2 Å². The van der Waals surface area contributed by atoms with Gasteiger partial charge in [-0.1, -0.05) is 36.4 Å². The highest BCUT2D eigenvalue weighted by Gasteiger charge is 2.43. The number of hydrogen-bond acceptors (Lipinski definition) is 8. The zero-order valence-electron chi connectivity index (χ0n) is 19.5. The van der Waals surface area contributed by atoms with Crippen LogP contribution in [0.3, 0.4) is 0 Å². The first-order valence-corrected chi connectivity index (χ1v) is 15.0. The molecular formula is C24H21F2NO8S3. The lowest BCUT2D eigenvalue weighted by atomic mass is 10.3. The van der Waals surface area contributed by atoms with Crippen molar-refractivity contribution in [2.75, 3.05) is 13.2 Å². The van der Waals surface area contributed by atoms with Gasteiger partial charge in [-0.2, -0.15) is 8.78 Å². The van der Waals surface area contributed by atoms with E-state index in [0.29, 0.717) is 0 Å². The van der Waals surface area contributed by atoms with Crippen LogP contribution in [0.2, 0.25) is 0 Å². The van der Waals surface area contributed by atoms with Crippen molar-refractivity contribution in [2.45, 2.75) is 32.5 Å². The molecule has 4 rings (SSSR count). The number of halogens is 2. The molecule has 1 saturated heterocycles. The van der Waals surface area contributed by atoms with Crippen LogP contribution in [0.15, 0.2) is 99.6 Å². The molecule has 1 aliphatic heterocycles. The first kappa shape index (κ1) is 28.0. The summed E-state index contributed by atoms with van der Waals surface area (Å²) in [6, 6.07) is 24.8. The minimum atomic E-state index is -5.97. The molecule has 0 N–H and O–H groups in total. The van der Waals surface area contributed by atoms with Crippen LogP contribution in [-0.2, 0) is 45.5 Å². The Labute approximate surface area is 221 Å². The molecule has 3 aromatic rings. The third-order valence-electron chi connectivity index (χ3n) is 4.98. The van der Waals surface area contributed by atoms with Crippen LogP contribution in [0, 0.1) is 0 Å². The van der Waals surface area contributed by atoms with Gasteiger partial charge in [0.05, 0.1) is 30.0 Å². The van der Waals surface area contributed by atoms with Crippen LogP contribution in [-0.4, -0.2) is 47.4 Å². The molecule has 0 aliphatic carbocycles. The lowest BCUT2D eigenvalue weighted by molar-refractivity contribution is -0.149. The van der Waals surface area contributed by atoms with Gasteiger partial charge in [-0.05, 0) is 48.5 Å². The molecule has 0 aromatic heterocycles. The topological polar surface area (TPSA) is 130 Å². The fourth-order valence-corrected chi connectivity index (χ4v) is 7.30. The lowest BCUT2D eigenvalue weighted by Gasteiger charge is -2.26. The van der Waals surface area contributed by atoms with Crippen LogP contribution >= 0.6 is 0 Å². The maximum Gasteiger partial charge on any atom is 0.363 e. The highest BCUT2D eigenvalue weighted by atomic mass is 32.3. The highest BCUT2D eigenvalue weighted by molar-refractivity contribution is 8.10. The van der Waals surface area contributed by atoms with Crippen molar-refractivity contribution in [3.05, 3.63) is 89.1 Å². The SMILES string of the molecule is O=C(CC1CO1)OCC(F)(F)S(=O)(=O)[N-]S(=O)(=O)Oc1ccc([S+](c2ccccc2)c2ccccc2)cc1. The first-order chi connectivity index (χ1) is 18.0. The van der Waals surface area contributed by atoms with E-state index in [1.165, 1.54) is 12.1 Å². The van der Waals surface area contributed by atoms with E-state index in [4.69, 9.17) is 4.74 Å². The van der Waals surface area contributed by atoms with Gasteiger partial charge in [0.25, 0.3) is 0 Å². The third kappa shape index (κ3) is 7.29. The molecule has 9 nitrogen and oxygen atoms in total. The summed E-state index contributed by atoms with van der Waals surface area (Å²) < 4.78 is 92.5. The van der Waals surface area contributed by atoms with Gasteiger partial charge in [-0.3, -0.25) is 4.79 Å². The van der Waals surface area contributed by atoms with Crippen molar-refractivity contribution in [2.24, 2.45) is 0 Å². The van der Waals surface area contributed by atoms with Crippen molar-refractivity contribution >= 4 is 37.2 Å². The Hall–Kier alpha value is -3.04. The van der Waals surface area contributed by atoms with Crippen LogP contribution < -0.4 is 4.18 Å². The number of carbonyl (C=O) groups is 1. The second-order valence-corrected chi connectivity index (χ2v) is 13.1. The highest BCUT2D eigenvalue weighted by Crippen LogP contribution is 2.34. The van der Waals surface area contributed by atoms with E-state index in [2.05, 4.69) is 13.0 Å². The van der Waals surface area contributed by atoms with Crippen LogP contribution in [0.5, 0.6) is 5.75 Å². The van der Waals surface area contributed by atoms with E-state index >= 15 is 0 Å². The number of carbonyl (C=O) groups excluding carboxylic acids is 1. The van der Waals surface area contributed by atoms with Gasteiger partial charge >= 0.3 is 11.2 Å². The van der Waals surface area contributed by atoms with Crippen molar-refractivity contribution in [1.29, 1.82) is 0 Å². The summed E-state index contributed by atoms with van der Waals surface area (Å²) in [5.74, 6) is -1.46. The number of nitrogens with zero attached hydrogens (tertiary/aromatic N) is 1. The van der Waals surface area contributed by atoms with Gasteiger partial charge in [0.2, 0.25) is 10.3 Å². The van der Waals surface area contributed by atoms with Gasteiger partial charge in [-0.15, -0.1) is 0 Å². The fourth-order valence-electron chi connectivity index (χ4n) is 3.13. The number of alkyl halides is 2. The molecule has 0 spiro atoms. The average Bonchev–Trinajstić information content (AvgIpc) is 3.68. The van der Waals surface area contributed by atoms with E-state index in [1.807, 2.05) is 60.7 Å². The molecule has 0 amide bonds. The molecular weight excluding hydrogens is 564 g/mol. The minimum absolute atomic E-state index is 0.259. The molecule has 0 saturated carbocycles. The second-order valence-electron chi connectivity index (χ2n) is 7.92. The van der Waals surface area contributed by atoms with Crippen molar-refractivity contribution in [3.63, 3.8) is 0 Å². The van der Waals surface area contributed by atoms with Crippen LogP contribution in [0.25, 0.3) is 4.13 Å². The summed E-state index contributed by atoms with van der Waals surface area (Å²) in [6.45, 7) is -1.65. The molecule has 1 fully saturated rings. The molecule has 202 valence electrons. The van der Waals surface area contributed by atoms with Crippen molar-refractivity contribution in [3.8, 4) is 5.75 Å². The van der Waals surface area contributed by atoms with Crippen LogP contribution in [0.1, 0.15) is 6.42 Å². The Morgan fingerprint density at radius 3 is 1.89 bits per heavy atom. The lowest BCUT2D eigenvalue weighted by Crippen LogP contribution is -2.36. The number of ether oxygens (including phenoxy) is 2. The summed E-state index contributed by atoms with van der Waals surface area (Å²) in [7, 11) is -11.9. The van der Waals surface area contributed by atoms with Gasteiger partial charge in [0.1, 0.15) is 5.75 Å². The number of esters is 1. The second kappa shape index (κ2) is 11.4. The van der Waals surface area contributed by atoms with Crippen molar-refractivity contribution < 1.29 is 44.1 Å². The number of rotatable bonds is 12. The zero-order chi connectivity index (χ0) is 27.4. The molecule has 1 unspecified atom stereocenters. The van der Waals surface area contributed by atoms with Gasteiger partial charge < -0.3 is 17.8 Å². The number of hydrogen-bond donors (Lipinski definition) is 0. The van der Waals surface area contributed by atoms with Crippen LogP contribution in [0.4, 0.5) is 8.78 Å². The Morgan fingerprint density at radius 1 is 0.895 bits per heavy atom. The monoisotopic (exact) mass is 585 g/mol. The molecule has 38 heavy (non-hydrogen) atoms. The Morgan fingerprint density at radius 2 is 1.39 bits per heavy atom. The van der Waals surface area contributed by atoms with Gasteiger partial charge in [0, 0.05) is 0 Å². The molecule has 1 heterocycles. The summed E-state index contributed by atoms with van der Waals surface area (Å²) in [4.78, 5) is 14.2. The quantitative estimate of drug-likeness (QED) is 0.177. The summed E-state index contributed by atoms with van der Waals surface area (Å²) in [6.07, 6.45) is -0.797. The predicted octanol–water partition coefficient (Wildman–Crippen LogP) is 4.03. The standard InChI is InChI=1S/C24H21F2NO8S3/c25-24(26,17-34-23(28)15-19-16-33-19)37(29,30)27-38(31,32)35-18-11-13-22(14-12-18)36(20-7-3-1-4-8-20)21-9-5-2-6-10-21/h1-14,19H,15-17H2. The Bertz CT molecular complexity index is 1430. The molecule has 0 bridgehead atoms. The van der Waals surface area contributed by atoms with E-state index in [-0.39, 0.29) is 18.8 Å². The van der Waals surface area contributed by atoms with Crippen molar-refractivity contribution in [1.82, 2.24) is 0 Å². The maximum absolute atomic E-state index is 14.1. The fraction of sp³-hybridized carbons (Fsp3) is 0.208. The van der Waals surface area contributed by atoms with Gasteiger partial charge in [-0.25, -0.2) is 16.8 Å². The minimum Gasteiger partial charge on any atom is -0.458 e. The Balaban J connectivity index is 1.45. The largest absolute Gasteiger partial charge is 0.458 e. The summed E-state index contributed by atoms with van der Waals surface area (Å²) in [5, 5.41) is -4.80. The molecule has 0 radical (unpaired) electrons. The molecule has 1 atom stereocenters. The third-order valence-corrected chi connectivity index (χ3v) is 10.0. The van der Waals surface area contributed by atoms with E-state index in [0.717, 1.165) is 14.7 Å². The number of epoxide rings is 1. The Kier molecular flexibility index (Phi) is 8.37. The number of sulfonamides is 1. The molecule has 14 heteroatoms. The maximum atomic E-state index is 14.1.